The lowest BCUT2D eigenvalue weighted by molar-refractivity contribution is -0.139. The van der Waals surface area contributed by atoms with Crippen LogP contribution in [0.2, 0.25) is 0 Å². The lowest BCUT2D eigenvalue weighted by Gasteiger charge is -2.16. The van der Waals surface area contributed by atoms with Gasteiger partial charge in [0.1, 0.15) is 6.04 Å². The van der Waals surface area contributed by atoms with Gasteiger partial charge in [0.25, 0.3) is 0 Å². The summed E-state index contributed by atoms with van der Waals surface area (Å²) in [6, 6.07) is -1.32. The number of carboxylic acid groups (broad SMARTS) is 1. The summed E-state index contributed by atoms with van der Waals surface area (Å²) in [5, 5.41) is 13.9. The normalized spacial score (nSPS) is 12.2. The summed E-state index contributed by atoms with van der Waals surface area (Å²) in [5.74, 6) is -0.805. The van der Waals surface area contributed by atoms with Crippen LogP contribution in [0.5, 0.6) is 0 Å². The van der Waals surface area contributed by atoms with Crippen LogP contribution in [0.3, 0.4) is 0 Å². The second kappa shape index (κ2) is 9.70. The highest BCUT2D eigenvalue weighted by molar-refractivity contribution is 5.82. The topological polar surface area (TPSA) is 87.7 Å². The smallest absolute Gasteiger partial charge is 0.326 e. The molecule has 0 aliphatic carbocycles. The van der Waals surface area contributed by atoms with Crippen molar-refractivity contribution in [3.05, 3.63) is 0 Å². The molecule has 0 bridgehead atoms. The first kappa shape index (κ1) is 16.7. The highest BCUT2D eigenvalue weighted by Gasteiger charge is 2.20. The van der Waals surface area contributed by atoms with E-state index in [1.165, 1.54) is 0 Å². The molecule has 0 rings (SSSR count). The fourth-order valence-electron chi connectivity index (χ4n) is 1.39. The second-order valence-corrected chi connectivity index (χ2v) is 4.53. The Labute approximate surface area is 108 Å². The third-order valence-corrected chi connectivity index (χ3v) is 2.19. The van der Waals surface area contributed by atoms with Gasteiger partial charge in [-0.1, -0.05) is 20.8 Å². The molecule has 2 amide bonds. The first-order valence-corrected chi connectivity index (χ1v) is 6.32. The van der Waals surface area contributed by atoms with E-state index in [0.717, 1.165) is 6.42 Å². The Morgan fingerprint density at radius 1 is 1.28 bits per heavy atom. The summed E-state index contributed by atoms with van der Waals surface area (Å²) in [6.45, 7) is 7.29. The van der Waals surface area contributed by atoms with Crippen LogP contribution in [0.25, 0.3) is 0 Å². The van der Waals surface area contributed by atoms with Crippen molar-refractivity contribution in [3.8, 4) is 0 Å². The quantitative estimate of drug-likeness (QED) is 0.544. The summed E-state index contributed by atoms with van der Waals surface area (Å²) in [6.07, 6.45) is 1.34. The van der Waals surface area contributed by atoms with Crippen molar-refractivity contribution in [2.45, 2.75) is 39.7 Å². The van der Waals surface area contributed by atoms with Crippen LogP contribution in [-0.2, 0) is 9.53 Å². The Morgan fingerprint density at radius 3 is 2.44 bits per heavy atom. The summed E-state index contributed by atoms with van der Waals surface area (Å²) in [7, 11) is 0. The predicted octanol–water partition coefficient (Wildman–Crippen LogP) is 1.21. The molecule has 0 spiro atoms. The van der Waals surface area contributed by atoms with Crippen molar-refractivity contribution in [1.29, 1.82) is 0 Å². The molecule has 0 aliphatic rings. The molecule has 106 valence electrons. The molecule has 0 saturated heterocycles. The average Bonchev–Trinajstić information content (AvgIpc) is 2.27. The van der Waals surface area contributed by atoms with Crippen molar-refractivity contribution < 1.29 is 19.4 Å². The maximum atomic E-state index is 11.4. The first-order chi connectivity index (χ1) is 8.47. The minimum Gasteiger partial charge on any atom is -0.480 e. The molecule has 0 aromatic carbocycles. The van der Waals surface area contributed by atoms with Crippen LogP contribution in [0.1, 0.15) is 33.6 Å². The number of carboxylic acids is 1. The molecule has 3 N–H and O–H groups in total. The van der Waals surface area contributed by atoms with Crippen LogP contribution in [-0.4, -0.2) is 42.9 Å². The molecule has 0 heterocycles. The van der Waals surface area contributed by atoms with Crippen molar-refractivity contribution in [3.63, 3.8) is 0 Å². The zero-order chi connectivity index (χ0) is 14.0. The summed E-state index contributed by atoms with van der Waals surface area (Å²) < 4.78 is 5.19. The van der Waals surface area contributed by atoms with Gasteiger partial charge in [-0.2, -0.15) is 0 Å². The molecular weight excluding hydrogens is 236 g/mol. The molecule has 6 heteroatoms. The molecule has 1 atom stereocenters. The van der Waals surface area contributed by atoms with Crippen molar-refractivity contribution >= 4 is 12.0 Å². The molecule has 6 nitrogen and oxygen atoms in total. The van der Waals surface area contributed by atoms with Gasteiger partial charge in [-0.05, 0) is 18.8 Å². The first-order valence-electron chi connectivity index (χ1n) is 6.32. The van der Waals surface area contributed by atoms with Gasteiger partial charge >= 0.3 is 12.0 Å². The largest absolute Gasteiger partial charge is 0.480 e. The van der Waals surface area contributed by atoms with E-state index in [0.29, 0.717) is 26.2 Å². The van der Waals surface area contributed by atoms with Gasteiger partial charge in [0.05, 0.1) is 6.61 Å². The van der Waals surface area contributed by atoms with Gasteiger partial charge in [0.2, 0.25) is 0 Å². The van der Waals surface area contributed by atoms with Gasteiger partial charge in [0.15, 0.2) is 0 Å². The molecule has 1 unspecified atom stereocenters. The Bertz CT molecular complexity index is 256. The van der Waals surface area contributed by atoms with E-state index in [2.05, 4.69) is 10.6 Å². The lowest BCUT2D eigenvalue weighted by Crippen LogP contribution is -2.47. The molecule has 0 saturated carbocycles. The highest BCUT2D eigenvalue weighted by Crippen LogP contribution is 2.04. The number of urea groups is 1. The number of amides is 2. The fraction of sp³-hybridized carbons (Fsp3) is 0.833. The minimum atomic E-state index is -1.01. The van der Waals surface area contributed by atoms with Gasteiger partial charge < -0.3 is 20.5 Å². The second-order valence-electron chi connectivity index (χ2n) is 4.53. The standard InChI is InChI=1S/C12H24N2O4/c1-4-6-18-7-5-13-12(17)14-10(11(15)16)8-9(2)3/h9-10H,4-8H2,1-3H3,(H,15,16)(H2,13,14,17). The fourth-order valence-corrected chi connectivity index (χ4v) is 1.39. The van der Waals surface area contributed by atoms with E-state index < -0.39 is 18.0 Å². The van der Waals surface area contributed by atoms with E-state index in [1.54, 1.807) is 0 Å². The van der Waals surface area contributed by atoms with Gasteiger partial charge in [-0.3, -0.25) is 0 Å². The van der Waals surface area contributed by atoms with Crippen LogP contribution >= 0.6 is 0 Å². The number of rotatable bonds is 9. The van der Waals surface area contributed by atoms with E-state index in [-0.39, 0.29) is 5.92 Å². The number of aliphatic carboxylic acids is 1. The van der Waals surface area contributed by atoms with E-state index in [9.17, 15) is 9.59 Å². The van der Waals surface area contributed by atoms with Crippen LogP contribution < -0.4 is 10.6 Å². The molecule has 0 radical (unpaired) electrons. The molecule has 0 aromatic heterocycles. The number of nitrogens with one attached hydrogen (secondary N) is 2. The Balaban J connectivity index is 3.85. The molecular formula is C12H24N2O4. The van der Waals surface area contributed by atoms with E-state index >= 15 is 0 Å². The number of carbonyl (C=O) groups is 2. The molecule has 0 aliphatic heterocycles. The van der Waals surface area contributed by atoms with Crippen LogP contribution in [0.4, 0.5) is 4.79 Å². The predicted molar refractivity (Wildman–Crippen MR) is 68.5 cm³/mol. The van der Waals surface area contributed by atoms with Crippen molar-refractivity contribution in [2.75, 3.05) is 19.8 Å². The third kappa shape index (κ3) is 8.81. The average molecular weight is 260 g/mol. The van der Waals surface area contributed by atoms with Gasteiger partial charge in [0, 0.05) is 13.2 Å². The molecule has 0 fully saturated rings. The number of ether oxygens (including phenoxy) is 1. The number of hydrogen-bond donors (Lipinski definition) is 3. The summed E-state index contributed by atoms with van der Waals surface area (Å²) in [4.78, 5) is 22.3. The molecule has 0 aromatic rings. The van der Waals surface area contributed by atoms with E-state index in [4.69, 9.17) is 9.84 Å². The summed E-state index contributed by atoms with van der Waals surface area (Å²) >= 11 is 0. The van der Waals surface area contributed by atoms with Crippen molar-refractivity contribution in [2.24, 2.45) is 5.92 Å². The molecule has 18 heavy (non-hydrogen) atoms. The van der Waals surface area contributed by atoms with Crippen LogP contribution in [0.15, 0.2) is 0 Å². The van der Waals surface area contributed by atoms with Crippen molar-refractivity contribution in [1.82, 2.24) is 10.6 Å². The Morgan fingerprint density at radius 2 is 1.94 bits per heavy atom. The third-order valence-electron chi connectivity index (χ3n) is 2.19. The van der Waals surface area contributed by atoms with Crippen LogP contribution in [0, 0.1) is 5.92 Å². The maximum absolute atomic E-state index is 11.4. The maximum Gasteiger partial charge on any atom is 0.326 e. The Hall–Kier alpha value is -1.30. The zero-order valence-corrected chi connectivity index (χ0v) is 11.4. The lowest BCUT2D eigenvalue weighted by atomic mass is 10.0. The monoisotopic (exact) mass is 260 g/mol. The van der Waals surface area contributed by atoms with E-state index in [1.807, 2.05) is 20.8 Å². The number of hydrogen-bond acceptors (Lipinski definition) is 3. The van der Waals surface area contributed by atoms with Gasteiger partial charge in [-0.15, -0.1) is 0 Å². The zero-order valence-electron chi connectivity index (χ0n) is 11.4. The van der Waals surface area contributed by atoms with Gasteiger partial charge in [-0.25, -0.2) is 9.59 Å². The Kier molecular flexibility index (Phi) is 9.00. The SMILES string of the molecule is CCCOCCNC(=O)NC(CC(C)C)C(=O)O. The minimum absolute atomic E-state index is 0.208. The highest BCUT2D eigenvalue weighted by atomic mass is 16.5. The number of carbonyl (C=O) groups excluding carboxylic acids is 1. The summed E-state index contributed by atoms with van der Waals surface area (Å²) in [5.41, 5.74) is 0.